The molecule has 0 radical (unpaired) electrons. The van der Waals surface area contributed by atoms with Crippen molar-refractivity contribution in [1.29, 1.82) is 0 Å². The molecule has 0 atom stereocenters. The van der Waals surface area contributed by atoms with Crippen LogP contribution in [0.25, 0.3) is 0 Å². The summed E-state index contributed by atoms with van der Waals surface area (Å²) in [6, 6.07) is 5.86. The summed E-state index contributed by atoms with van der Waals surface area (Å²) in [5.41, 5.74) is 3.59. The second kappa shape index (κ2) is 4.76. The van der Waals surface area contributed by atoms with Gasteiger partial charge < -0.3 is 10.6 Å². The van der Waals surface area contributed by atoms with Gasteiger partial charge in [-0.15, -0.1) is 0 Å². The number of nitrogens with one attached hydrogen (secondary N) is 2. The molecule has 0 saturated heterocycles. The molecule has 2 heterocycles. The van der Waals surface area contributed by atoms with Gasteiger partial charge in [0.15, 0.2) is 0 Å². The molecule has 3 rings (SSSR count). The number of rotatable bonds is 2. The lowest BCUT2D eigenvalue weighted by Gasteiger charge is -2.20. The maximum atomic E-state index is 12.3. The second-order valence-electron chi connectivity index (χ2n) is 4.73. The van der Waals surface area contributed by atoms with E-state index >= 15 is 0 Å². The first kappa shape index (κ1) is 11.8. The highest BCUT2D eigenvalue weighted by Gasteiger charge is 2.17. The van der Waals surface area contributed by atoms with Crippen LogP contribution in [0, 0.1) is 0 Å². The van der Waals surface area contributed by atoms with Crippen molar-refractivity contribution >= 4 is 17.3 Å². The van der Waals surface area contributed by atoms with Crippen molar-refractivity contribution in [2.24, 2.45) is 7.05 Å². The van der Waals surface area contributed by atoms with Crippen LogP contribution in [-0.2, 0) is 13.5 Å². The van der Waals surface area contributed by atoms with Gasteiger partial charge in [0.05, 0.1) is 23.1 Å². The zero-order valence-corrected chi connectivity index (χ0v) is 10.8. The Morgan fingerprint density at radius 1 is 1.47 bits per heavy atom. The van der Waals surface area contributed by atoms with E-state index in [-0.39, 0.29) is 5.91 Å². The number of fused-ring (bicyclic) bond motifs is 1. The van der Waals surface area contributed by atoms with Crippen LogP contribution in [0.15, 0.2) is 30.6 Å². The number of nitrogens with zero attached hydrogens (tertiary/aromatic N) is 2. The topological polar surface area (TPSA) is 59.0 Å². The molecule has 5 heteroatoms. The first-order valence-electron chi connectivity index (χ1n) is 6.40. The van der Waals surface area contributed by atoms with E-state index < -0.39 is 0 Å². The minimum Gasteiger partial charge on any atom is -0.384 e. The van der Waals surface area contributed by atoms with Crippen LogP contribution in [0.5, 0.6) is 0 Å². The quantitative estimate of drug-likeness (QED) is 0.864. The van der Waals surface area contributed by atoms with Gasteiger partial charge >= 0.3 is 0 Å². The summed E-state index contributed by atoms with van der Waals surface area (Å²) in [5, 5.41) is 10.2. The maximum Gasteiger partial charge on any atom is 0.257 e. The Balaban J connectivity index is 1.87. The molecule has 0 spiro atoms. The zero-order chi connectivity index (χ0) is 13.2. The van der Waals surface area contributed by atoms with Crippen molar-refractivity contribution in [3.63, 3.8) is 0 Å². The third-order valence-electron chi connectivity index (χ3n) is 3.28. The van der Waals surface area contributed by atoms with Crippen molar-refractivity contribution in [3.05, 3.63) is 41.7 Å². The average Bonchev–Trinajstić information content (AvgIpc) is 2.83. The number of carbonyl (C=O) groups is 1. The smallest absolute Gasteiger partial charge is 0.257 e. The van der Waals surface area contributed by atoms with E-state index in [2.05, 4.69) is 21.8 Å². The highest BCUT2D eigenvalue weighted by atomic mass is 16.1. The molecule has 19 heavy (non-hydrogen) atoms. The van der Waals surface area contributed by atoms with E-state index in [4.69, 9.17) is 0 Å². The highest BCUT2D eigenvalue weighted by molar-refractivity contribution is 6.08. The van der Waals surface area contributed by atoms with Gasteiger partial charge in [0.25, 0.3) is 5.91 Å². The molecule has 0 saturated carbocycles. The Kier molecular flexibility index (Phi) is 2.95. The summed E-state index contributed by atoms with van der Waals surface area (Å²) in [7, 11) is 1.82. The largest absolute Gasteiger partial charge is 0.384 e. The Bertz CT molecular complexity index is 618. The number of aromatic nitrogens is 2. The number of benzene rings is 1. The van der Waals surface area contributed by atoms with E-state index in [9.17, 15) is 4.79 Å². The minimum absolute atomic E-state index is 0.0979. The summed E-state index contributed by atoms with van der Waals surface area (Å²) >= 11 is 0. The Morgan fingerprint density at radius 3 is 3.16 bits per heavy atom. The summed E-state index contributed by atoms with van der Waals surface area (Å²) in [5.74, 6) is -0.0979. The molecule has 2 N–H and O–H groups in total. The van der Waals surface area contributed by atoms with Crippen molar-refractivity contribution in [3.8, 4) is 0 Å². The van der Waals surface area contributed by atoms with Gasteiger partial charge in [-0.25, -0.2) is 0 Å². The first-order chi connectivity index (χ1) is 9.24. The normalized spacial score (nSPS) is 13.5. The standard InChI is InChI=1S/C14H16N4O/c1-18-9-11(8-16-18)17-14(19)12-6-2-4-10-5-3-7-15-13(10)12/h2,4,6,8-9,15H,3,5,7H2,1H3,(H,17,19). The Labute approximate surface area is 111 Å². The number of hydrogen-bond acceptors (Lipinski definition) is 3. The molecule has 0 unspecified atom stereocenters. The monoisotopic (exact) mass is 256 g/mol. The van der Waals surface area contributed by atoms with Crippen molar-refractivity contribution in [2.45, 2.75) is 12.8 Å². The fourth-order valence-electron chi connectivity index (χ4n) is 2.38. The summed E-state index contributed by atoms with van der Waals surface area (Å²) in [6.45, 7) is 0.921. The molecule has 1 aromatic carbocycles. The molecular formula is C14H16N4O. The van der Waals surface area contributed by atoms with E-state index in [1.807, 2.05) is 19.2 Å². The first-order valence-corrected chi connectivity index (χ1v) is 6.40. The lowest BCUT2D eigenvalue weighted by atomic mass is 9.99. The fraction of sp³-hybridized carbons (Fsp3) is 0.286. The van der Waals surface area contributed by atoms with Crippen LogP contribution in [0.3, 0.4) is 0 Å². The van der Waals surface area contributed by atoms with Gasteiger partial charge in [-0.3, -0.25) is 9.48 Å². The van der Waals surface area contributed by atoms with E-state index in [0.717, 1.165) is 25.1 Å². The van der Waals surface area contributed by atoms with Crippen LogP contribution in [0.1, 0.15) is 22.3 Å². The zero-order valence-electron chi connectivity index (χ0n) is 10.8. The van der Waals surface area contributed by atoms with Crippen molar-refractivity contribution in [2.75, 3.05) is 17.2 Å². The van der Waals surface area contributed by atoms with Gasteiger partial charge in [0.2, 0.25) is 0 Å². The number of amides is 1. The second-order valence-corrected chi connectivity index (χ2v) is 4.73. The minimum atomic E-state index is -0.0979. The lowest BCUT2D eigenvalue weighted by Crippen LogP contribution is -2.19. The number of aryl methyl sites for hydroxylation is 2. The molecule has 1 amide bonds. The van der Waals surface area contributed by atoms with E-state index in [1.54, 1.807) is 17.1 Å². The molecule has 0 aliphatic carbocycles. The molecule has 5 nitrogen and oxygen atoms in total. The number of para-hydroxylation sites is 1. The van der Waals surface area contributed by atoms with Crippen LogP contribution in [0.2, 0.25) is 0 Å². The fourth-order valence-corrected chi connectivity index (χ4v) is 2.38. The van der Waals surface area contributed by atoms with Crippen LogP contribution < -0.4 is 10.6 Å². The molecule has 98 valence electrons. The van der Waals surface area contributed by atoms with Gasteiger partial charge in [0.1, 0.15) is 0 Å². The molecule has 0 fully saturated rings. The predicted octanol–water partition coefficient (Wildman–Crippen LogP) is 2.03. The molecular weight excluding hydrogens is 240 g/mol. The maximum absolute atomic E-state index is 12.3. The summed E-state index contributed by atoms with van der Waals surface area (Å²) in [4.78, 5) is 12.3. The molecule has 1 aliphatic rings. The number of carbonyl (C=O) groups excluding carboxylic acids is 1. The van der Waals surface area contributed by atoms with E-state index in [1.165, 1.54) is 5.56 Å². The Morgan fingerprint density at radius 2 is 2.37 bits per heavy atom. The molecule has 1 aromatic heterocycles. The lowest BCUT2D eigenvalue weighted by molar-refractivity contribution is 0.102. The van der Waals surface area contributed by atoms with E-state index in [0.29, 0.717) is 11.3 Å². The molecule has 1 aliphatic heterocycles. The number of anilines is 2. The average molecular weight is 256 g/mol. The van der Waals surface area contributed by atoms with Crippen LogP contribution >= 0.6 is 0 Å². The van der Waals surface area contributed by atoms with Crippen LogP contribution in [-0.4, -0.2) is 22.2 Å². The van der Waals surface area contributed by atoms with Gasteiger partial charge in [-0.2, -0.15) is 5.10 Å². The number of hydrogen-bond donors (Lipinski definition) is 2. The third-order valence-corrected chi connectivity index (χ3v) is 3.28. The third kappa shape index (κ3) is 2.31. The predicted molar refractivity (Wildman–Crippen MR) is 74.4 cm³/mol. The molecule has 0 bridgehead atoms. The van der Waals surface area contributed by atoms with Gasteiger partial charge in [0, 0.05) is 19.8 Å². The Hall–Kier alpha value is -2.30. The SMILES string of the molecule is Cn1cc(NC(=O)c2cccc3c2NCCC3)cn1. The summed E-state index contributed by atoms with van der Waals surface area (Å²) < 4.78 is 1.66. The highest BCUT2D eigenvalue weighted by Crippen LogP contribution is 2.26. The van der Waals surface area contributed by atoms with Crippen molar-refractivity contribution < 1.29 is 4.79 Å². The van der Waals surface area contributed by atoms with Crippen LogP contribution in [0.4, 0.5) is 11.4 Å². The van der Waals surface area contributed by atoms with Gasteiger partial charge in [-0.1, -0.05) is 12.1 Å². The molecule has 2 aromatic rings. The summed E-state index contributed by atoms with van der Waals surface area (Å²) in [6.07, 6.45) is 5.55. The van der Waals surface area contributed by atoms with Gasteiger partial charge in [-0.05, 0) is 24.5 Å². The van der Waals surface area contributed by atoms with Crippen molar-refractivity contribution in [1.82, 2.24) is 9.78 Å².